The fraction of sp³-hybridized carbons (Fsp3) is 0.300. The Bertz CT molecular complexity index is 450. The lowest BCUT2D eigenvalue weighted by molar-refractivity contribution is 0.774. The SMILES string of the molecule is CC(C)c1ncc(-c2ncc(Br)s2)cn1. The van der Waals surface area contributed by atoms with Crippen molar-refractivity contribution in [3.05, 3.63) is 28.2 Å². The summed E-state index contributed by atoms with van der Waals surface area (Å²) in [6.45, 7) is 4.16. The Morgan fingerprint density at radius 2 is 1.80 bits per heavy atom. The Morgan fingerprint density at radius 3 is 2.27 bits per heavy atom. The second-order valence-corrected chi connectivity index (χ2v) is 5.86. The third-order valence-electron chi connectivity index (χ3n) is 1.91. The molecule has 5 heteroatoms. The molecule has 0 aliphatic carbocycles. The number of thiazole rings is 1. The lowest BCUT2D eigenvalue weighted by Gasteiger charge is -2.02. The first-order valence-corrected chi connectivity index (χ1v) is 6.21. The average Bonchev–Trinajstić information content (AvgIpc) is 2.65. The van der Waals surface area contributed by atoms with Gasteiger partial charge in [0.2, 0.25) is 0 Å². The number of hydrogen-bond donors (Lipinski definition) is 0. The van der Waals surface area contributed by atoms with Crippen molar-refractivity contribution in [3.8, 4) is 10.6 Å². The normalized spacial score (nSPS) is 10.9. The lowest BCUT2D eigenvalue weighted by atomic mass is 10.2. The van der Waals surface area contributed by atoms with Gasteiger partial charge in [0.05, 0.1) is 9.98 Å². The van der Waals surface area contributed by atoms with Crippen LogP contribution in [-0.4, -0.2) is 15.0 Å². The summed E-state index contributed by atoms with van der Waals surface area (Å²) >= 11 is 4.96. The van der Waals surface area contributed by atoms with E-state index in [1.54, 1.807) is 17.5 Å². The highest BCUT2D eigenvalue weighted by molar-refractivity contribution is 9.11. The van der Waals surface area contributed by atoms with Crippen molar-refractivity contribution in [2.75, 3.05) is 0 Å². The van der Waals surface area contributed by atoms with Gasteiger partial charge in [0, 0.05) is 23.9 Å². The van der Waals surface area contributed by atoms with Gasteiger partial charge in [-0.3, -0.25) is 0 Å². The lowest BCUT2D eigenvalue weighted by Crippen LogP contribution is -1.96. The van der Waals surface area contributed by atoms with Crippen molar-refractivity contribution in [1.29, 1.82) is 0 Å². The van der Waals surface area contributed by atoms with Crippen LogP contribution in [0.5, 0.6) is 0 Å². The first-order valence-electron chi connectivity index (χ1n) is 4.60. The van der Waals surface area contributed by atoms with E-state index in [4.69, 9.17) is 0 Å². The minimum atomic E-state index is 0.363. The molecule has 15 heavy (non-hydrogen) atoms. The Hall–Kier alpha value is -0.810. The van der Waals surface area contributed by atoms with Crippen molar-refractivity contribution in [2.24, 2.45) is 0 Å². The first-order chi connectivity index (χ1) is 7.16. The van der Waals surface area contributed by atoms with E-state index in [0.717, 1.165) is 20.2 Å². The van der Waals surface area contributed by atoms with E-state index in [9.17, 15) is 0 Å². The predicted molar refractivity (Wildman–Crippen MR) is 64.9 cm³/mol. The van der Waals surface area contributed by atoms with E-state index in [-0.39, 0.29) is 0 Å². The highest BCUT2D eigenvalue weighted by Gasteiger charge is 2.06. The molecule has 3 nitrogen and oxygen atoms in total. The van der Waals surface area contributed by atoms with Gasteiger partial charge in [-0.25, -0.2) is 15.0 Å². The van der Waals surface area contributed by atoms with Crippen molar-refractivity contribution in [3.63, 3.8) is 0 Å². The van der Waals surface area contributed by atoms with Crippen LogP contribution in [0.4, 0.5) is 0 Å². The molecule has 2 heterocycles. The molecule has 0 saturated carbocycles. The summed E-state index contributed by atoms with van der Waals surface area (Å²) in [5.74, 6) is 1.23. The molecule has 0 bridgehead atoms. The summed E-state index contributed by atoms with van der Waals surface area (Å²) in [5, 5.41) is 0.942. The fourth-order valence-corrected chi connectivity index (χ4v) is 2.32. The van der Waals surface area contributed by atoms with Crippen molar-refractivity contribution < 1.29 is 0 Å². The van der Waals surface area contributed by atoms with Crippen LogP contribution in [0, 0.1) is 0 Å². The van der Waals surface area contributed by atoms with E-state index < -0.39 is 0 Å². The molecule has 0 amide bonds. The molecular weight excluding hydrogens is 274 g/mol. The Morgan fingerprint density at radius 1 is 1.13 bits per heavy atom. The highest BCUT2D eigenvalue weighted by atomic mass is 79.9. The molecule has 2 aromatic rings. The molecule has 0 N–H and O–H groups in total. The Balaban J connectivity index is 2.31. The molecule has 0 unspecified atom stereocenters. The van der Waals surface area contributed by atoms with Crippen LogP contribution in [0.2, 0.25) is 0 Å². The molecule has 0 aliphatic rings. The van der Waals surface area contributed by atoms with Gasteiger partial charge >= 0.3 is 0 Å². The van der Waals surface area contributed by atoms with Gasteiger partial charge in [-0.05, 0) is 15.9 Å². The maximum atomic E-state index is 4.30. The second-order valence-electron chi connectivity index (χ2n) is 3.45. The third kappa shape index (κ3) is 2.41. The van der Waals surface area contributed by atoms with Gasteiger partial charge in [-0.15, -0.1) is 11.3 Å². The maximum absolute atomic E-state index is 4.30. The minimum Gasteiger partial charge on any atom is -0.243 e. The van der Waals surface area contributed by atoms with Gasteiger partial charge in [-0.2, -0.15) is 0 Å². The molecule has 0 spiro atoms. The molecule has 2 aromatic heterocycles. The number of nitrogens with zero attached hydrogens (tertiary/aromatic N) is 3. The molecule has 0 atom stereocenters. The van der Waals surface area contributed by atoms with Crippen molar-refractivity contribution in [1.82, 2.24) is 15.0 Å². The van der Waals surface area contributed by atoms with Crippen molar-refractivity contribution >= 4 is 27.3 Å². The minimum absolute atomic E-state index is 0.363. The first kappa shape index (κ1) is 10.7. The largest absolute Gasteiger partial charge is 0.243 e. The smallest absolute Gasteiger partial charge is 0.130 e. The van der Waals surface area contributed by atoms with E-state index in [1.165, 1.54) is 0 Å². The number of rotatable bonds is 2. The molecule has 78 valence electrons. The second kappa shape index (κ2) is 4.37. The molecule has 0 saturated heterocycles. The Labute approximate surface area is 101 Å². The third-order valence-corrected chi connectivity index (χ3v) is 3.44. The van der Waals surface area contributed by atoms with Gasteiger partial charge < -0.3 is 0 Å². The van der Waals surface area contributed by atoms with E-state index in [0.29, 0.717) is 5.92 Å². The molecule has 0 fully saturated rings. The maximum Gasteiger partial charge on any atom is 0.130 e. The summed E-state index contributed by atoms with van der Waals surface area (Å²) in [4.78, 5) is 12.9. The van der Waals surface area contributed by atoms with E-state index in [2.05, 4.69) is 44.7 Å². The standard InChI is InChI=1S/C10H10BrN3S/c1-6(2)9-12-3-7(4-13-9)10-14-5-8(11)15-10/h3-6H,1-2H3. The van der Waals surface area contributed by atoms with Crippen LogP contribution in [-0.2, 0) is 0 Å². The summed E-state index contributed by atoms with van der Waals surface area (Å²) in [6, 6.07) is 0. The predicted octanol–water partition coefficient (Wildman–Crippen LogP) is 3.49. The summed E-state index contributed by atoms with van der Waals surface area (Å²) in [7, 11) is 0. The Kier molecular flexibility index (Phi) is 3.11. The van der Waals surface area contributed by atoms with Crippen LogP contribution in [0.3, 0.4) is 0 Å². The van der Waals surface area contributed by atoms with Gasteiger partial charge in [0.15, 0.2) is 0 Å². The quantitative estimate of drug-likeness (QED) is 0.847. The molecular formula is C10H10BrN3S. The fourth-order valence-electron chi connectivity index (χ4n) is 1.13. The van der Waals surface area contributed by atoms with E-state index in [1.807, 2.05) is 12.4 Å². The topological polar surface area (TPSA) is 38.7 Å². The van der Waals surface area contributed by atoms with E-state index >= 15 is 0 Å². The zero-order chi connectivity index (χ0) is 10.8. The van der Waals surface area contributed by atoms with Crippen LogP contribution in [0.15, 0.2) is 22.4 Å². The molecule has 0 aromatic carbocycles. The zero-order valence-electron chi connectivity index (χ0n) is 8.44. The monoisotopic (exact) mass is 283 g/mol. The highest BCUT2D eigenvalue weighted by Crippen LogP contribution is 2.27. The number of halogens is 1. The van der Waals surface area contributed by atoms with Crippen LogP contribution >= 0.6 is 27.3 Å². The molecule has 0 aliphatic heterocycles. The average molecular weight is 284 g/mol. The van der Waals surface area contributed by atoms with Gasteiger partial charge in [0.25, 0.3) is 0 Å². The van der Waals surface area contributed by atoms with Crippen molar-refractivity contribution in [2.45, 2.75) is 19.8 Å². The van der Waals surface area contributed by atoms with Crippen LogP contribution < -0.4 is 0 Å². The van der Waals surface area contributed by atoms with Crippen LogP contribution in [0.25, 0.3) is 10.6 Å². The summed E-state index contributed by atoms with van der Waals surface area (Å²) in [5.41, 5.74) is 0.968. The summed E-state index contributed by atoms with van der Waals surface area (Å²) < 4.78 is 1.02. The zero-order valence-corrected chi connectivity index (χ0v) is 10.8. The molecule has 0 radical (unpaired) electrons. The number of aromatic nitrogens is 3. The summed E-state index contributed by atoms with van der Waals surface area (Å²) in [6.07, 6.45) is 5.44. The van der Waals surface area contributed by atoms with Gasteiger partial charge in [0.1, 0.15) is 10.8 Å². The van der Waals surface area contributed by atoms with Gasteiger partial charge in [-0.1, -0.05) is 13.8 Å². The van der Waals surface area contributed by atoms with Crippen LogP contribution in [0.1, 0.15) is 25.6 Å². The number of hydrogen-bond acceptors (Lipinski definition) is 4. The molecule has 2 rings (SSSR count).